The molecule has 0 aliphatic carbocycles. The molecule has 0 amide bonds. The second-order valence-corrected chi connectivity index (χ2v) is 4.63. The van der Waals surface area contributed by atoms with Crippen LogP contribution in [0.25, 0.3) is 11.3 Å². The Balaban J connectivity index is 2.04. The Hall–Kier alpha value is -2.01. The first-order valence-electron chi connectivity index (χ1n) is 6.57. The van der Waals surface area contributed by atoms with E-state index >= 15 is 0 Å². The van der Waals surface area contributed by atoms with Crippen molar-refractivity contribution in [2.75, 3.05) is 31.1 Å². The fourth-order valence-electron chi connectivity index (χ4n) is 2.28. The van der Waals surface area contributed by atoms with Crippen LogP contribution >= 0.6 is 0 Å². The fourth-order valence-corrected chi connectivity index (χ4v) is 2.28. The lowest BCUT2D eigenvalue weighted by Gasteiger charge is -2.29. The van der Waals surface area contributed by atoms with Gasteiger partial charge in [0.25, 0.3) is 0 Å². The minimum Gasteiger partial charge on any atom is -0.352 e. The first-order valence-corrected chi connectivity index (χ1v) is 6.57. The van der Waals surface area contributed by atoms with Crippen LogP contribution in [-0.2, 0) is 0 Å². The molecule has 1 aromatic heterocycles. The topological polar surface area (TPSA) is 53.9 Å². The molecule has 2 heterocycles. The number of aromatic nitrogens is 3. The van der Waals surface area contributed by atoms with E-state index in [9.17, 15) is 0 Å². The van der Waals surface area contributed by atoms with Crippen LogP contribution in [0.15, 0.2) is 30.3 Å². The van der Waals surface area contributed by atoms with Gasteiger partial charge in [-0.3, -0.25) is 0 Å². The smallest absolute Gasteiger partial charge is 0.159 e. The Morgan fingerprint density at radius 2 is 1.79 bits per heavy atom. The molecule has 5 heteroatoms. The number of hydrogen-bond acceptors (Lipinski definition) is 5. The van der Waals surface area contributed by atoms with Crippen molar-refractivity contribution in [1.29, 1.82) is 0 Å². The first-order chi connectivity index (χ1) is 9.34. The van der Waals surface area contributed by atoms with Crippen LogP contribution in [0.2, 0.25) is 0 Å². The summed E-state index contributed by atoms with van der Waals surface area (Å²) in [4.78, 5) is 6.88. The summed E-state index contributed by atoms with van der Waals surface area (Å²) in [5, 5.41) is 11.8. The van der Waals surface area contributed by atoms with Gasteiger partial charge in [0, 0.05) is 31.7 Å². The van der Waals surface area contributed by atoms with Gasteiger partial charge in [-0.05, 0) is 6.92 Å². The Morgan fingerprint density at radius 1 is 1.05 bits per heavy atom. The van der Waals surface area contributed by atoms with E-state index in [0.717, 1.165) is 43.3 Å². The summed E-state index contributed by atoms with van der Waals surface area (Å²) in [5.41, 5.74) is 1.93. The molecular formula is C14H17N5. The van der Waals surface area contributed by atoms with E-state index in [0.29, 0.717) is 5.82 Å². The molecule has 5 nitrogen and oxygen atoms in total. The van der Waals surface area contributed by atoms with Crippen LogP contribution in [-0.4, -0.2) is 41.4 Å². The molecule has 0 saturated carbocycles. The third kappa shape index (κ3) is 2.56. The number of nitrogens with zero attached hydrogens (tertiary/aromatic N) is 4. The molecular weight excluding hydrogens is 238 g/mol. The summed E-state index contributed by atoms with van der Waals surface area (Å²) in [6, 6.07) is 10.1. The van der Waals surface area contributed by atoms with Crippen molar-refractivity contribution in [2.45, 2.75) is 6.92 Å². The molecule has 1 aliphatic rings. The molecule has 1 saturated heterocycles. The quantitative estimate of drug-likeness (QED) is 0.875. The van der Waals surface area contributed by atoms with Crippen molar-refractivity contribution in [3.05, 3.63) is 36.2 Å². The van der Waals surface area contributed by atoms with Crippen molar-refractivity contribution in [3.8, 4) is 11.3 Å². The molecule has 1 N–H and O–H groups in total. The average Bonchev–Trinajstić information content (AvgIpc) is 2.49. The number of nitrogens with one attached hydrogen (secondary N) is 1. The van der Waals surface area contributed by atoms with E-state index in [1.165, 1.54) is 0 Å². The second-order valence-electron chi connectivity index (χ2n) is 4.63. The Labute approximate surface area is 112 Å². The van der Waals surface area contributed by atoms with E-state index in [1.54, 1.807) is 0 Å². The zero-order valence-electron chi connectivity index (χ0n) is 11.0. The number of rotatable bonds is 2. The van der Waals surface area contributed by atoms with E-state index < -0.39 is 0 Å². The normalized spacial score (nSPS) is 15.5. The second kappa shape index (κ2) is 5.32. The number of piperazine rings is 1. The molecule has 0 atom stereocenters. The van der Waals surface area contributed by atoms with Crippen molar-refractivity contribution in [1.82, 2.24) is 20.5 Å². The van der Waals surface area contributed by atoms with E-state index in [1.807, 2.05) is 37.3 Å². The Morgan fingerprint density at radius 3 is 2.53 bits per heavy atom. The van der Waals surface area contributed by atoms with Gasteiger partial charge < -0.3 is 10.2 Å². The minimum atomic E-state index is 0.716. The van der Waals surface area contributed by atoms with Gasteiger partial charge in [-0.1, -0.05) is 30.3 Å². The summed E-state index contributed by atoms with van der Waals surface area (Å²) in [5.74, 6) is 1.66. The summed E-state index contributed by atoms with van der Waals surface area (Å²) in [6.07, 6.45) is 0. The first kappa shape index (κ1) is 12.0. The predicted molar refractivity (Wildman–Crippen MR) is 75.1 cm³/mol. The third-order valence-corrected chi connectivity index (χ3v) is 3.24. The molecule has 1 fully saturated rings. The van der Waals surface area contributed by atoms with Crippen molar-refractivity contribution in [2.24, 2.45) is 0 Å². The molecule has 19 heavy (non-hydrogen) atoms. The highest BCUT2D eigenvalue weighted by Gasteiger charge is 2.18. The lowest BCUT2D eigenvalue weighted by atomic mass is 10.1. The summed E-state index contributed by atoms with van der Waals surface area (Å²) >= 11 is 0. The van der Waals surface area contributed by atoms with Gasteiger partial charge in [0.2, 0.25) is 0 Å². The van der Waals surface area contributed by atoms with Crippen LogP contribution in [0.3, 0.4) is 0 Å². The molecule has 2 aromatic rings. The van der Waals surface area contributed by atoms with Crippen molar-refractivity contribution in [3.63, 3.8) is 0 Å². The molecule has 98 valence electrons. The highest BCUT2D eigenvalue weighted by Crippen LogP contribution is 2.26. The number of anilines is 1. The predicted octanol–water partition coefficient (Wildman–Crippen LogP) is 1.26. The molecule has 1 aliphatic heterocycles. The highest BCUT2D eigenvalue weighted by atomic mass is 15.3. The van der Waals surface area contributed by atoms with Gasteiger partial charge in [0.15, 0.2) is 5.82 Å². The monoisotopic (exact) mass is 255 g/mol. The molecule has 0 unspecified atom stereocenters. The summed E-state index contributed by atoms with van der Waals surface area (Å²) in [7, 11) is 0. The standard InChI is InChI=1S/C14H17N5/c1-11-16-14(19-9-7-15-8-10-19)13(18-17-11)12-5-3-2-4-6-12/h2-6,15H,7-10H2,1H3. The van der Waals surface area contributed by atoms with E-state index in [-0.39, 0.29) is 0 Å². The molecule has 0 spiro atoms. The van der Waals surface area contributed by atoms with E-state index in [4.69, 9.17) is 0 Å². The Bertz CT molecular complexity index is 549. The maximum absolute atomic E-state index is 4.60. The summed E-state index contributed by atoms with van der Waals surface area (Å²) in [6.45, 7) is 5.76. The van der Waals surface area contributed by atoms with Gasteiger partial charge >= 0.3 is 0 Å². The SMILES string of the molecule is Cc1nnc(-c2ccccc2)c(N2CCNCC2)n1. The number of hydrogen-bond donors (Lipinski definition) is 1. The van der Waals surface area contributed by atoms with Gasteiger partial charge in [-0.2, -0.15) is 0 Å². The van der Waals surface area contributed by atoms with Gasteiger partial charge in [0.05, 0.1) is 0 Å². The lowest BCUT2D eigenvalue weighted by Crippen LogP contribution is -2.44. The minimum absolute atomic E-state index is 0.716. The zero-order chi connectivity index (χ0) is 13.1. The van der Waals surface area contributed by atoms with E-state index in [2.05, 4.69) is 25.4 Å². The Kier molecular flexibility index (Phi) is 3.37. The van der Waals surface area contributed by atoms with Crippen LogP contribution in [0.1, 0.15) is 5.82 Å². The van der Waals surface area contributed by atoms with Crippen LogP contribution in [0, 0.1) is 6.92 Å². The maximum Gasteiger partial charge on any atom is 0.159 e. The fraction of sp³-hybridized carbons (Fsp3) is 0.357. The zero-order valence-corrected chi connectivity index (χ0v) is 11.0. The van der Waals surface area contributed by atoms with Gasteiger partial charge in [-0.15, -0.1) is 10.2 Å². The molecule has 0 radical (unpaired) electrons. The molecule has 1 aromatic carbocycles. The van der Waals surface area contributed by atoms with Crippen LogP contribution in [0.5, 0.6) is 0 Å². The number of aryl methyl sites for hydroxylation is 1. The van der Waals surface area contributed by atoms with Crippen molar-refractivity contribution >= 4 is 5.82 Å². The third-order valence-electron chi connectivity index (χ3n) is 3.24. The molecule has 3 rings (SSSR count). The van der Waals surface area contributed by atoms with Crippen molar-refractivity contribution < 1.29 is 0 Å². The highest BCUT2D eigenvalue weighted by molar-refractivity contribution is 5.71. The van der Waals surface area contributed by atoms with Crippen LogP contribution < -0.4 is 10.2 Å². The number of benzene rings is 1. The maximum atomic E-state index is 4.60. The lowest BCUT2D eigenvalue weighted by molar-refractivity contribution is 0.583. The summed E-state index contributed by atoms with van der Waals surface area (Å²) < 4.78 is 0. The average molecular weight is 255 g/mol. The van der Waals surface area contributed by atoms with Gasteiger partial charge in [-0.25, -0.2) is 4.98 Å². The molecule has 0 bridgehead atoms. The van der Waals surface area contributed by atoms with Crippen LogP contribution in [0.4, 0.5) is 5.82 Å². The largest absolute Gasteiger partial charge is 0.352 e. The van der Waals surface area contributed by atoms with Gasteiger partial charge in [0.1, 0.15) is 11.5 Å².